The molecule has 0 saturated heterocycles. The van der Waals surface area contributed by atoms with Crippen LogP contribution >= 0.6 is 24.1 Å². The summed E-state index contributed by atoms with van der Waals surface area (Å²) in [5, 5.41) is 8.95. The molecule has 0 radical (unpaired) electrons. The van der Waals surface area contributed by atoms with Gasteiger partial charge < -0.3 is 14.2 Å². The largest absolute Gasteiger partial charge is 0.428 e. The first-order valence-corrected chi connectivity index (χ1v) is 6.10. The van der Waals surface area contributed by atoms with E-state index in [1.54, 1.807) is 6.07 Å². The lowest BCUT2D eigenvalue weighted by Crippen LogP contribution is -2.29. The summed E-state index contributed by atoms with van der Waals surface area (Å²) in [4.78, 5) is 16.0. The third kappa shape index (κ3) is 2.47. The van der Waals surface area contributed by atoms with Gasteiger partial charge in [0.05, 0.1) is 12.1 Å². The van der Waals surface area contributed by atoms with Crippen molar-refractivity contribution in [2.45, 2.75) is 19.4 Å². The summed E-state index contributed by atoms with van der Waals surface area (Å²) >= 11 is 10.2. The van der Waals surface area contributed by atoms with Gasteiger partial charge in [-0.05, 0) is 24.5 Å². The van der Waals surface area contributed by atoms with E-state index in [0.29, 0.717) is 23.3 Å². The number of aryl methyl sites for hydroxylation is 1. The summed E-state index contributed by atoms with van der Waals surface area (Å²) in [5.41, 5.74) is 2.24. The Morgan fingerprint density at radius 3 is 3.11 bits per heavy atom. The fourth-order valence-corrected chi connectivity index (χ4v) is 2.32. The summed E-state index contributed by atoms with van der Waals surface area (Å²) in [5.74, 6) is 0. The Kier molecular flexibility index (Phi) is 3.84. The Hall–Kier alpha value is -1.58. The fraction of sp³-hybridized carbons (Fsp3) is 0.364. The summed E-state index contributed by atoms with van der Waals surface area (Å²) in [6.45, 7) is 0.921. The van der Waals surface area contributed by atoms with Gasteiger partial charge in [0.25, 0.3) is 0 Å². The van der Waals surface area contributed by atoms with Crippen LogP contribution in [0.2, 0.25) is 0 Å². The molecule has 5 nitrogen and oxygen atoms in total. The smallest absolute Gasteiger partial charge is 0.349 e. The van der Waals surface area contributed by atoms with Gasteiger partial charge in [-0.15, -0.1) is 0 Å². The van der Waals surface area contributed by atoms with Crippen molar-refractivity contribution in [2.75, 3.05) is 6.54 Å². The van der Waals surface area contributed by atoms with Crippen LogP contribution in [0, 0.1) is 16.0 Å². The summed E-state index contributed by atoms with van der Waals surface area (Å²) in [7, 11) is 0. The molecule has 0 aliphatic carbocycles. The number of halogens is 1. The minimum Gasteiger partial charge on any atom is -0.349 e. The second kappa shape index (κ2) is 5.38. The Labute approximate surface area is 114 Å². The molecule has 7 heteroatoms. The lowest BCUT2D eigenvalue weighted by atomic mass is 10.1. The fourth-order valence-electron chi connectivity index (χ4n) is 1.99. The van der Waals surface area contributed by atoms with Crippen molar-refractivity contribution in [2.24, 2.45) is 0 Å². The molecule has 0 aromatic carbocycles. The van der Waals surface area contributed by atoms with Crippen LogP contribution in [0.15, 0.2) is 6.07 Å². The summed E-state index contributed by atoms with van der Waals surface area (Å²) in [6.07, 6.45) is 0.984. The molecule has 18 heavy (non-hydrogen) atoms. The van der Waals surface area contributed by atoms with Crippen LogP contribution < -0.4 is 0 Å². The van der Waals surface area contributed by atoms with Crippen molar-refractivity contribution >= 4 is 30.2 Å². The van der Waals surface area contributed by atoms with Crippen molar-refractivity contribution in [1.82, 2.24) is 9.88 Å². The third-order valence-electron chi connectivity index (χ3n) is 2.88. The van der Waals surface area contributed by atoms with Crippen LogP contribution in [0.5, 0.6) is 0 Å². The standard InChI is InChI=1S/C11H10ClN3O2S/c12-17-11(16)15-3-1-2-9-8(6-15)4-7(5-13)10(18)14-9/h4H,1-3,6H2,(H,14,18). The van der Waals surface area contributed by atoms with Gasteiger partial charge >= 0.3 is 6.09 Å². The monoisotopic (exact) mass is 283 g/mol. The highest BCUT2D eigenvalue weighted by molar-refractivity contribution is 7.71. The first kappa shape index (κ1) is 12.9. The molecular formula is C11H10ClN3O2S. The van der Waals surface area contributed by atoms with Crippen LogP contribution in [0.1, 0.15) is 23.2 Å². The number of carbonyl (C=O) groups excluding carboxylic acids is 1. The number of hydrogen-bond donors (Lipinski definition) is 1. The number of nitrogens with zero attached hydrogens (tertiary/aromatic N) is 2. The lowest BCUT2D eigenvalue weighted by Gasteiger charge is -2.17. The highest BCUT2D eigenvalue weighted by Crippen LogP contribution is 2.19. The molecule has 1 aromatic rings. The van der Waals surface area contributed by atoms with Crippen LogP contribution in [0.25, 0.3) is 0 Å². The zero-order chi connectivity index (χ0) is 13.1. The van der Waals surface area contributed by atoms with Gasteiger partial charge in [0.1, 0.15) is 22.6 Å². The number of nitriles is 1. The molecule has 1 aliphatic heterocycles. The molecule has 0 bridgehead atoms. The van der Waals surface area contributed by atoms with Crippen molar-refractivity contribution in [1.29, 1.82) is 5.26 Å². The molecule has 94 valence electrons. The first-order chi connectivity index (χ1) is 8.65. The number of pyridine rings is 1. The summed E-state index contributed by atoms with van der Waals surface area (Å²) < 4.78 is 4.64. The number of carbonyl (C=O) groups is 1. The van der Waals surface area contributed by atoms with E-state index in [1.165, 1.54) is 4.90 Å². The normalized spacial score (nSPS) is 14.3. The quantitative estimate of drug-likeness (QED) is 0.743. The molecule has 0 unspecified atom stereocenters. The number of rotatable bonds is 0. The van der Waals surface area contributed by atoms with E-state index in [4.69, 9.17) is 29.3 Å². The van der Waals surface area contributed by atoms with Gasteiger partial charge in [0, 0.05) is 12.2 Å². The highest BCUT2D eigenvalue weighted by atomic mass is 35.5. The number of nitrogens with one attached hydrogen (secondary N) is 1. The van der Waals surface area contributed by atoms with E-state index in [9.17, 15) is 4.79 Å². The van der Waals surface area contributed by atoms with Gasteiger partial charge in [0.2, 0.25) is 0 Å². The van der Waals surface area contributed by atoms with Gasteiger partial charge in [-0.2, -0.15) is 5.26 Å². The molecule has 2 heterocycles. The topological polar surface area (TPSA) is 69.1 Å². The maximum atomic E-state index is 11.4. The lowest BCUT2D eigenvalue weighted by molar-refractivity contribution is 0.154. The van der Waals surface area contributed by atoms with E-state index < -0.39 is 6.09 Å². The molecule has 0 fully saturated rings. The first-order valence-electron chi connectivity index (χ1n) is 5.38. The zero-order valence-corrected chi connectivity index (χ0v) is 11.0. The molecule has 1 aliphatic rings. The van der Waals surface area contributed by atoms with E-state index in [-0.39, 0.29) is 0 Å². The molecule has 1 N–H and O–H groups in total. The molecular weight excluding hydrogens is 274 g/mol. The average molecular weight is 284 g/mol. The van der Waals surface area contributed by atoms with Gasteiger partial charge in [-0.25, -0.2) is 4.79 Å². The number of amides is 1. The second-order valence-electron chi connectivity index (χ2n) is 4.00. The molecule has 1 amide bonds. The zero-order valence-electron chi connectivity index (χ0n) is 9.40. The molecule has 0 atom stereocenters. The maximum absolute atomic E-state index is 11.4. The molecule has 0 spiro atoms. The maximum Gasteiger partial charge on any atom is 0.428 e. The van der Waals surface area contributed by atoms with Crippen molar-refractivity contribution < 1.29 is 9.08 Å². The Morgan fingerprint density at radius 2 is 2.44 bits per heavy atom. The minimum absolute atomic E-state index is 0.363. The Balaban J connectivity index is 2.39. The van der Waals surface area contributed by atoms with E-state index in [2.05, 4.69) is 9.27 Å². The van der Waals surface area contributed by atoms with Gasteiger partial charge in [-0.1, -0.05) is 12.2 Å². The number of H-pyrrole nitrogens is 1. The predicted molar refractivity (Wildman–Crippen MR) is 67.4 cm³/mol. The van der Waals surface area contributed by atoms with Crippen LogP contribution in [0.3, 0.4) is 0 Å². The highest BCUT2D eigenvalue weighted by Gasteiger charge is 2.21. The van der Waals surface area contributed by atoms with E-state index >= 15 is 0 Å². The van der Waals surface area contributed by atoms with Crippen molar-refractivity contribution in [3.63, 3.8) is 0 Å². The number of fused-ring (bicyclic) bond motifs is 1. The van der Waals surface area contributed by atoms with Gasteiger partial charge in [-0.3, -0.25) is 0 Å². The number of aromatic nitrogens is 1. The van der Waals surface area contributed by atoms with Gasteiger partial charge in [0.15, 0.2) is 0 Å². The molecule has 0 saturated carbocycles. The summed E-state index contributed by atoms with van der Waals surface area (Å²) in [6, 6.07) is 3.74. The Morgan fingerprint density at radius 1 is 1.67 bits per heavy atom. The average Bonchev–Trinajstić information content (AvgIpc) is 2.58. The molecule has 1 aromatic heterocycles. The SMILES string of the molecule is N#Cc1cc2c([nH]c1=S)CCCN(C(=O)OCl)C2. The van der Waals surface area contributed by atoms with Crippen molar-refractivity contribution in [3.8, 4) is 6.07 Å². The second-order valence-corrected chi connectivity index (χ2v) is 4.56. The minimum atomic E-state index is -0.578. The van der Waals surface area contributed by atoms with E-state index in [0.717, 1.165) is 24.1 Å². The molecule has 2 rings (SSSR count). The number of hydrogen-bond acceptors (Lipinski definition) is 4. The third-order valence-corrected chi connectivity index (χ3v) is 3.33. The van der Waals surface area contributed by atoms with Crippen molar-refractivity contribution in [3.05, 3.63) is 27.5 Å². The van der Waals surface area contributed by atoms with E-state index in [1.807, 2.05) is 6.07 Å². The van der Waals surface area contributed by atoms with Crippen LogP contribution in [-0.4, -0.2) is 22.5 Å². The predicted octanol–water partition coefficient (Wildman–Crippen LogP) is 2.65. The van der Waals surface area contributed by atoms with Crippen LogP contribution in [0.4, 0.5) is 4.79 Å². The number of aromatic amines is 1. The Bertz CT molecular complexity index is 579. The van der Waals surface area contributed by atoms with Crippen LogP contribution in [-0.2, 0) is 17.3 Å².